The van der Waals surface area contributed by atoms with E-state index in [0.29, 0.717) is 17.6 Å². The number of rotatable bonds is 1. The van der Waals surface area contributed by atoms with Crippen molar-refractivity contribution in [3.8, 4) is 11.8 Å². The summed E-state index contributed by atoms with van der Waals surface area (Å²) < 4.78 is 0. The van der Waals surface area contributed by atoms with Crippen LogP contribution in [0.5, 0.6) is 5.75 Å². The van der Waals surface area contributed by atoms with Crippen LogP contribution in [0.4, 0.5) is 0 Å². The topological polar surface area (TPSA) is 73.1 Å². The van der Waals surface area contributed by atoms with Crippen molar-refractivity contribution in [2.24, 2.45) is 0 Å². The molecule has 4 nitrogen and oxygen atoms in total. The van der Waals surface area contributed by atoms with E-state index in [-0.39, 0.29) is 17.5 Å². The lowest BCUT2D eigenvalue weighted by molar-refractivity contribution is -0.116. The van der Waals surface area contributed by atoms with Gasteiger partial charge in [0.15, 0.2) is 5.78 Å². The van der Waals surface area contributed by atoms with Crippen molar-refractivity contribution >= 4 is 5.78 Å². The average molecular weight is 280 g/mol. The lowest BCUT2D eigenvalue weighted by atomic mass is 9.76. The van der Waals surface area contributed by atoms with Crippen LogP contribution in [0.3, 0.4) is 0 Å². The van der Waals surface area contributed by atoms with Gasteiger partial charge in [0, 0.05) is 23.4 Å². The number of dihydropyridines is 1. The number of hydrogen-bond donors (Lipinski definition) is 2. The van der Waals surface area contributed by atoms with Gasteiger partial charge in [-0.05, 0) is 37.5 Å². The van der Waals surface area contributed by atoms with Gasteiger partial charge in [-0.3, -0.25) is 4.79 Å². The second kappa shape index (κ2) is 5.10. The van der Waals surface area contributed by atoms with Crippen LogP contribution in [0.1, 0.15) is 37.7 Å². The number of Topliss-reactive ketones (excluding diaryl/α,β-unsaturated/α-hetero) is 1. The Bertz CT molecular complexity index is 705. The van der Waals surface area contributed by atoms with E-state index in [4.69, 9.17) is 0 Å². The Morgan fingerprint density at radius 1 is 1.29 bits per heavy atom. The number of carbonyl (C=O) groups is 1. The second-order valence-electron chi connectivity index (χ2n) is 5.47. The van der Waals surface area contributed by atoms with Gasteiger partial charge in [0.1, 0.15) is 5.75 Å². The molecule has 0 aromatic heterocycles. The van der Waals surface area contributed by atoms with Crippen molar-refractivity contribution in [3.63, 3.8) is 0 Å². The van der Waals surface area contributed by atoms with E-state index < -0.39 is 0 Å². The number of hydrogen-bond acceptors (Lipinski definition) is 4. The van der Waals surface area contributed by atoms with Crippen LogP contribution in [0.2, 0.25) is 0 Å². The number of phenolic OH excluding ortho intramolecular Hbond substituents is 1. The zero-order valence-corrected chi connectivity index (χ0v) is 11.8. The van der Waals surface area contributed by atoms with Gasteiger partial charge in [-0.25, -0.2) is 0 Å². The number of nitriles is 1. The summed E-state index contributed by atoms with van der Waals surface area (Å²) >= 11 is 0. The van der Waals surface area contributed by atoms with E-state index in [1.165, 1.54) is 0 Å². The minimum atomic E-state index is -0.320. The molecule has 4 heteroatoms. The normalized spacial score (nSPS) is 21.7. The highest BCUT2D eigenvalue weighted by Gasteiger charge is 2.35. The molecule has 0 radical (unpaired) electrons. The zero-order valence-electron chi connectivity index (χ0n) is 11.8. The Morgan fingerprint density at radius 3 is 2.67 bits per heavy atom. The molecular formula is C17H16N2O2. The van der Waals surface area contributed by atoms with Crippen molar-refractivity contribution < 1.29 is 9.90 Å². The Balaban J connectivity index is 2.17. The maximum atomic E-state index is 12.4. The molecule has 0 fully saturated rings. The molecule has 1 aliphatic heterocycles. The molecule has 21 heavy (non-hydrogen) atoms. The summed E-state index contributed by atoms with van der Waals surface area (Å²) in [7, 11) is 0. The molecule has 2 aliphatic rings. The Hall–Kier alpha value is -2.54. The van der Waals surface area contributed by atoms with Crippen molar-refractivity contribution in [3.05, 3.63) is 52.4 Å². The molecule has 1 aromatic carbocycles. The Morgan fingerprint density at radius 2 is 2.00 bits per heavy atom. The quantitative estimate of drug-likeness (QED) is 0.829. The SMILES string of the molecule is CC1=C(C#N)[C@H](c2ccc(O)cc2)C2=C(CCCC2=O)N1. The van der Waals surface area contributed by atoms with Crippen LogP contribution in [-0.4, -0.2) is 10.9 Å². The lowest BCUT2D eigenvalue weighted by Crippen LogP contribution is -2.31. The molecule has 2 N–H and O–H groups in total. The predicted octanol–water partition coefficient (Wildman–Crippen LogP) is 2.88. The standard InChI is InChI=1S/C17H16N2O2/c1-10-13(9-18)16(11-5-7-12(20)8-6-11)17-14(19-10)3-2-4-15(17)21/h5-8,16,19-20H,2-4H2,1H3/t16-/m0/s1. The van der Waals surface area contributed by atoms with Gasteiger partial charge in [0.2, 0.25) is 0 Å². The molecule has 0 unspecified atom stereocenters. The fraction of sp³-hybridized carbons (Fsp3) is 0.294. The van der Waals surface area contributed by atoms with Gasteiger partial charge >= 0.3 is 0 Å². The minimum absolute atomic E-state index is 0.113. The van der Waals surface area contributed by atoms with E-state index in [1.54, 1.807) is 24.3 Å². The maximum Gasteiger partial charge on any atom is 0.161 e. The van der Waals surface area contributed by atoms with Crippen molar-refractivity contribution in [1.29, 1.82) is 5.26 Å². The average Bonchev–Trinajstić information content (AvgIpc) is 2.47. The van der Waals surface area contributed by atoms with E-state index in [2.05, 4.69) is 11.4 Å². The smallest absolute Gasteiger partial charge is 0.161 e. The number of allylic oxidation sites excluding steroid dienone is 4. The Kier molecular flexibility index (Phi) is 3.26. The minimum Gasteiger partial charge on any atom is -0.508 e. The number of nitrogens with one attached hydrogen (secondary N) is 1. The highest BCUT2D eigenvalue weighted by molar-refractivity contribution is 5.99. The first-order valence-electron chi connectivity index (χ1n) is 7.05. The summed E-state index contributed by atoms with van der Waals surface area (Å²) in [6.45, 7) is 1.87. The number of phenols is 1. The lowest BCUT2D eigenvalue weighted by Gasteiger charge is -2.32. The Labute approximate surface area is 123 Å². The maximum absolute atomic E-state index is 12.4. The second-order valence-corrected chi connectivity index (χ2v) is 5.47. The molecule has 106 valence electrons. The molecule has 0 bridgehead atoms. The van der Waals surface area contributed by atoms with E-state index >= 15 is 0 Å². The monoisotopic (exact) mass is 280 g/mol. The van der Waals surface area contributed by atoms with E-state index in [0.717, 1.165) is 29.8 Å². The highest BCUT2D eigenvalue weighted by Crippen LogP contribution is 2.41. The molecule has 1 aliphatic carbocycles. The fourth-order valence-electron chi connectivity index (χ4n) is 3.13. The third-order valence-electron chi connectivity index (χ3n) is 4.12. The first-order chi connectivity index (χ1) is 10.1. The van der Waals surface area contributed by atoms with Crippen LogP contribution in [0, 0.1) is 11.3 Å². The first-order valence-corrected chi connectivity index (χ1v) is 7.05. The van der Waals surface area contributed by atoms with Crippen molar-refractivity contribution in [2.45, 2.75) is 32.1 Å². The predicted molar refractivity (Wildman–Crippen MR) is 78.2 cm³/mol. The summed E-state index contributed by atoms with van der Waals surface area (Å²) in [6.07, 6.45) is 2.22. The van der Waals surface area contributed by atoms with E-state index in [1.807, 2.05) is 6.92 Å². The fourth-order valence-corrected chi connectivity index (χ4v) is 3.13. The van der Waals surface area contributed by atoms with Crippen LogP contribution in [-0.2, 0) is 4.79 Å². The van der Waals surface area contributed by atoms with Crippen LogP contribution in [0.15, 0.2) is 46.8 Å². The number of carbonyl (C=O) groups excluding carboxylic acids is 1. The summed E-state index contributed by atoms with van der Waals surface area (Å²) in [5, 5.41) is 22.2. The summed E-state index contributed by atoms with van der Waals surface area (Å²) in [5.41, 5.74) is 3.92. The van der Waals surface area contributed by atoms with Crippen LogP contribution < -0.4 is 5.32 Å². The molecule has 0 saturated heterocycles. The van der Waals surface area contributed by atoms with Crippen LogP contribution in [0.25, 0.3) is 0 Å². The third-order valence-corrected chi connectivity index (χ3v) is 4.12. The molecule has 0 amide bonds. The summed E-state index contributed by atoms with van der Waals surface area (Å²) in [4.78, 5) is 12.4. The largest absolute Gasteiger partial charge is 0.508 e. The summed E-state index contributed by atoms with van der Waals surface area (Å²) in [5.74, 6) is -0.0298. The van der Waals surface area contributed by atoms with Crippen molar-refractivity contribution in [2.75, 3.05) is 0 Å². The number of benzene rings is 1. The first kappa shape index (κ1) is 13.4. The number of nitrogens with zero attached hydrogens (tertiary/aromatic N) is 1. The molecule has 0 spiro atoms. The molecular weight excluding hydrogens is 264 g/mol. The molecule has 3 rings (SSSR count). The van der Waals surface area contributed by atoms with E-state index in [9.17, 15) is 15.2 Å². The van der Waals surface area contributed by atoms with Gasteiger partial charge in [-0.2, -0.15) is 5.26 Å². The zero-order chi connectivity index (χ0) is 15.0. The van der Waals surface area contributed by atoms with Crippen LogP contribution >= 0.6 is 0 Å². The van der Waals surface area contributed by atoms with Gasteiger partial charge in [0.05, 0.1) is 17.6 Å². The highest BCUT2D eigenvalue weighted by atomic mass is 16.3. The van der Waals surface area contributed by atoms with Gasteiger partial charge in [-0.1, -0.05) is 12.1 Å². The summed E-state index contributed by atoms with van der Waals surface area (Å²) in [6, 6.07) is 8.98. The number of ketones is 1. The molecule has 0 saturated carbocycles. The van der Waals surface area contributed by atoms with Gasteiger partial charge < -0.3 is 10.4 Å². The van der Waals surface area contributed by atoms with Gasteiger partial charge in [-0.15, -0.1) is 0 Å². The third kappa shape index (κ3) is 2.21. The molecule has 1 atom stereocenters. The molecule has 1 heterocycles. The molecule has 1 aromatic rings. The van der Waals surface area contributed by atoms with Crippen molar-refractivity contribution in [1.82, 2.24) is 5.32 Å². The number of aromatic hydroxyl groups is 1. The van der Waals surface area contributed by atoms with Gasteiger partial charge in [0.25, 0.3) is 0 Å².